The Hall–Kier alpha value is -1.33. The minimum absolute atomic E-state index is 0.0805. The second kappa shape index (κ2) is 6.41. The van der Waals surface area contributed by atoms with E-state index in [4.69, 9.17) is 0 Å². The lowest BCUT2D eigenvalue weighted by Gasteiger charge is -2.17. The summed E-state index contributed by atoms with van der Waals surface area (Å²) in [5.74, 6) is 0. The lowest BCUT2D eigenvalue weighted by atomic mass is 10.0. The zero-order chi connectivity index (χ0) is 14.6. The highest BCUT2D eigenvalue weighted by atomic mass is 79.9. The maximum absolute atomic E-state index is 12.3. The Bertz CT molecular complexity index is 537. The fourth-order valence-electron chi connectivity index (χ4n) is 1.87. The van der Waals surface area contributed by atoms with Crippen LogP contribution in [0.3, 0.4) is 0 Å². The van der Waals surface area contributed by atoms with Crippen LogP contribution in [-0.2, 0) is 4.74 Å². The number of ether oxygens (including phenoxy) is 1. The van der Waals surface area contributed by atoms with Gasteiger partial charge in [-0.25, -0.2) is 0 Å². The maximum Gasteiger partial charge on any atom is 0.523 e. The van der Waals surface area contributed by atoms with Crippen molar-refractivity contribution in [2.45, 2.75) is 12.5 Å². The molecular weight excluding hydrogens is 333 g/mol. The van der Waals surface area contributed by atoms with Crippen LogP contribution < -0.4 is 0 Å². The molecule has 1 unspecified atom stereocenters. The summed E-state index contributed by atoms with van der Waals surface area (Å²) in [6, 6.07) is 16.5. The number of benzene rings is 2. The number of alkyl halides is 4. The van der Waals surface area contributed by atoms with Crippen molar-refractivity contribution < 1.29 is 17.9 Å². The third kappa shape index (κ3) is 4.08. The van der Waals surface area contributed by atoms with Crippen molar-refractivity contribution in [2.24, 2.45) is 0 Å². The first-order chi connectivity index (χ1) is 9.49. The maximum atomic E-state index is 12.3. The van der Waals surface area contributed by atoms with E-state index in [0.717, 1.165) is 11.1 Å². The normalized spacial score (nSPS) is 13.2. The Morgan fingerprint density at radius 2 is 1.45 bits per heavy atom. The Morgan fingerprint density at radius 1 is 0.900 bits per heavy atom. The summed E-state index contributed by atoms with van der Waals surface area (Å²) in [6.07, 6.45) is -5.68. The van der Waals surface area contributed by atoms with Gasteiger partial charge in [0.05, 0.1) is 0 Å². The van der Waals surface area contributed by atoms with Gasteiger partial charge in [0.1, 0.15) is 6.10 Å². The van der Waals surface area contributed by atoms with Gasteiger partial charge < -0.3 is 0 Å². The molecule has 106 valence electrons. The topological polar surface area (TPSA) is 9.23 Å². The van der Waals surface area contributed by atoms with E-state index in [2.05, 4.69) is 20.7 Å². The van der Waals surface area contributed by atoms with Crippen molar-refractivity contribution in [1.82, 2.24) is 0 Å². The predicted octanol–water partition coefficient (Wildman–Crippen LogP) is 5.33. The molecule has 0 aliphatic heterocycles. The minimum atomic E-state index is -4.64. The van der Waals surface area contributed by atoms with Crippen molar-refractivity contribution >= 4 is 15.9 Å². The molecule has 0 saturated carbocycles. The van der Waals surface area contributed by atoms with Gasteiger partial charge in [0.2, 0.25) is 0 Å². The van der Waals surface area contributed by atoms with Gasteiger partial charge in [0, 0.05) is 5.33 Å². The quantitative estimate of drug-likeness (QED) is 0.681. The Kier molecular flexibility index (Phi) is 4.83. The molecule has 20 heavy (non-hydrogen) atoms. The summed E-state index contributed by atoms with van der Waals surface area (Å²) in [5, 5.41) is 0.0805. The molecule has 1 nitrogen and oxygen atoms in total. The first-order valence-corrected chi connectivity index (χ1v) is 7.07. The van der Waals surface area contributed by atoms with E-state index in [1.165, 1.54) is 0 Å². The van der Waals surface area contributed by atoms with Crippen molar-refractivity contribution in [3.63, 3.8) is 0 Å². The molecule has 0 aliphatic rings. The van der Waals surface area contributed by atoms with Gasteiger partial charge in [-0.3, -0.25) is 4.74 Å². The van der Waals surface area contributed by atoms with E-state index < -0.39 is 12.5 Å². The van der Waals surface area contributed by atoms with Gasteiger partial charge in [-0.1, -0.05) is 70.5 Å². The standard InChI is InChI=1S/C15H12BrF3O/c16-10-14(20-15(17,18)19)13-8-6-12(7-9-13)11-4-2-1-3-5-11/h1-9,14H,10H2. The monoisotopic (exact) mass is 344 g/mol. The van der Waals surface area contributed by atoms with Crippen molar-refractivity contribution in [3.05, 3.63) is 60.2 Å². The fourth-order valence-corrected chi connectivity index (χ4v) is 2.38. The molecule has 0 N–H and O–H groups in total. The third-order valence-corrected chi connectivity index (χ3v) is 3.39. The molecule has 0 radical (unpaired) electrons. The summed E-state index contributed by atoms with van der Waals surface area (Å²) < 4.78 is 40.9. The van der Waals surface area contributed by atoms with Gasteiger partial charge in [-0.05, 0) is 16.7 Å². The van der Waals surface area contributed by atoms with Crippen LogP contribution in [0.15, 0.2) is 54.6 Å². The Morgan fingerprint density at radius 3 is 1.95 bits per heavy atom. The summed E-state index contributed by atoms with van der Waals surface area (Å²) >= 11 is 3.04. The van der Waals surface area contributed by atoms with Crippen LogP contribution in [-0.4, -0.2) is 11.7 Å². The second-order valence-electron chi connectivity index (χ2n) is 4.19. The lowest BCUT2D eigenvalue weighted by Crippen LogP contribution is -2.19. The number of hydrogen-bond donors (Lipinski definition) is 0. The van der Waals surface area contributed by atoms with Crippen LogP contribution in [0.25, 0.3) is 11.1 Å². The van der Waals surface area contributed by atoms with Crippen LogP contribution >= 0.6 is 15.9 Å². The smallest absolute Gasteiger partial charge is 0.283 e. The molecule has 0 aliphatic carbocycles. The molecule has 0 bridgehead atoms. The molecule has 0 saturated heterocycles. The molecule has 0 fully saturated rings. The summed E-state index contributed by atoms with van der Waals surface area (Å²) in [6.45, 7) is 0. The molecule has 2 aromatic carbocycles. The van der Waals surface area contributed by atoms with Gasteiger partial charge in [-0.15, -0.1) is 13.2 Å². The van der Waals surface area contributed by atoms with Crippen LogP contribution in [0, 0.1) is 0 Å². The first-order valence-electron chi connectivity index (χ1n) is 5.95. The van der Waals surface area contributed by atoms with Crippen molar-refractivity contribution in [3.8, 4) is 11.1 Å². The molecule has 5 heteroatoms. The largest absolute Gasteiger partial charge is 0.523 e. The van der Waals surface area contributed by atoms with Gasteiger partial charge in [0.25, 0.3) is 0 Å². The highest BCUT2D eigenvalue weighted by molar-refractivity contribution is 9.09. The third-order valence-electron chi connectivity index (χ3n) is 2.81. The van der Waals surface area contributed by atoms with Crippen molar-refractivity contribution in [1.29, 1.82) is 0 Å². The zero-order valence-corrected chi connectivity index (χ0v) is 12.0. The molecule has 2 rings (SSSR count). The highest BCUT2D eigenvalue weighted by Crippen LogP contribution is 2.30. The van der Waals surface area contributed by atoms with Crippen molar-refractivity contribution in [2.75, 3.05) is 5.33 Å². The SMILES string of the molecule is FC(F)(F)OC(CBr)c1ccc(-c2ccccc2)cc1. The van der Waals surface area contributed by atoms with E-state index >= 15 is 0 Å². The van der Waals surface area contributed by atoms with E-state index in [0.29, 0.717) is 5.56 Å². The average molecular weight is 345 g/mol. The number of rotatable bonds is 4. The molecule has 0 aromatic heterocycles. The van der Waals surface area contributed by atoms with E-state index in [1.54, 1.807) is 24.3 Å². The van der Waals surface area contributed by atoms with Gasteiger partial charge >= 0.3 is 6.36 Å². The molecule has 1 atom stereocenters. The second-order valence-corrected chi connectivity index (χ2v) is 4.84. The molecule has 2 aromatic rings. The zero-order valence-electron chi connectivity index (χ0n) is 10.4. The van der Waals surface area contributed by atoms with Crippen LogP contribution in [0.5, 0.6) is 0 Å². The van der Waals surface area contributed by atoms with E-state index in [1.807, 2.05) is 30.3 Å². The van der Waals surface area contributed by atoms with Gasteiger partial charge in [-0.2, -0.15) is 0 Å². The predicted molar refractivity (Wildman–Crippen MR) is 75.6 cm³/mol. The van der Waals surface area contributed by atoms with E-state index in [-0.39, 0.29) is 5.33 Å². The van der Waals surface area contributed by atoms with E-state index in [9.17, 15) is 13.2 Å². The Balaban J connectivity index is 2.19. The van der Waals surface area contributed by atoms with Crippen LogP contribution in [0.2, 0.25) is 0 Å². The first kappa shape index (κ1) is 15.1. The van der Waals surface area contributed by atoms with Gasteiger partial charge in [0.15, 0.2) is 0 Å². The molecular formula is C15H12BrF3O. The Labute approximate surface area is 123 Å². The number of halogens is 4. The minimum Gasteiger partial charge on any atom is -0.283 e. The highest BCUT2D eigenvalue weighted by Gasteiger charge is 2.33. The summed E-state index contributed by atoms with van der Waals surface area (Å²) in [7, 11) is 0. The molecule has 0 amide bonds. The molecule has 0 spiro atoms. The summed E-state index contributed by atoms with van der Waals surface area (Å²) in [5.41, 5.74) is 2.46. The fraction of sp³-hybridized carbons (Fsp3) is 0.200. The molecule has 0 heterocycles. The number of hydrogen-bond acceptors (Lipinski definition) is 1. The lowest BCUT2D eigenvalue weighted by molar-refractivity contribution is -0.341. The summed E-state index contributed by atoms with van der Waals surface area (Å²) in [4.78, 5) is 0. The van der Waals surface area contributed by atoms with Crippen LogP contribution in [0.4, 0.5) is 13.2 Å². The van der Waals surface area contributed by atoms with Crippen LogP contribution in [0.1, 0.15) is 11.7 Å². The average Bonchev–Trinajstić information content (AvgIpc) is 2.45.